The second kappa shape index (κ2) is 9.08. The van der Waals surface area contributed by atoms with Gasteiger partial charge >= 0.3 is 0 Å². The average Bonchev–Trinajstić information content (AvgIpc) is 2.45. The van der Waals surface area contributed by atoms with Crippen LogP contribution in [0.3, 0.4) is 0 Å². The number of unbranched alkanes of at least 4 members (excludes halogenated alkanes) is 2. The lowest BCUT2D eigenvalue weighted by molar-refractivity contribution is 0.253. The fourth-order valence-electron chi connectivity index (χ4n) is 2.50. The minimum Gasteiger partial charge on any atom is -0.314 e. The Morgan fingerprint density at radius 1 is 1.19 bits per heavy atom. The molecule has 0 amide bonds. The van der Waals surface area contributed by atoms with Crippen LogP contribution in [0.4, 0.5) is 0 Å². The molecule has 0 bridgehead atoms. The smallest absolute Gasteiger partial charge is 0.212 e. The summed E-state index contributed by atoms with van der Waals surface area (Å²) in [5, 5.41) is 3.27. The number of piperazine rings is 1. The van der Waals surface area contributed by atoms with Crippen LogP contribution < -0.4 is 10.0 Å². The van der Waals surface area contributed by atoms with Crippen molar-refractivity contribution in [3.63, 3.8) is 0 Å². The van der Waals surface area contributed by atoms with Crippen LogP contribution in [-0.2, 0) is 10.0 Å². The zero-order valence-corrected chi connectivity index (χ0v) is 14.8. The van der Waals surface area contributed by atoms with E-state index in [1.807, 2.05) is 0 Å². The highest BCUT2D eigenvalue weighted by Gasteiger charge is 2.21. The molecular formula is C15H33N3O2S. The van der Waals surface area contributed by atoms with Crippen molar-refractivity contribution in [1.29, 1.82) is 0 Å². The molecule has 1 heterocycles. The van der Waals surface area contributed by atoms with Gasteiger partial charge in [0.2, 0.25) is 10.0 Å². The lowest BCUT2D eigenvalue weighted by Crippen LogP contribution is -2.46. The van der Waals surface area contributed by atoms with Gasteiger partial charge in [0.25, 0.3) is 0 Å². The highest BCUT2D eigenvalue weighted by atomic mass is 32.2. The Morgan fingerprint density at radius 3 is 2.48 bits per heavy atom. The predicted molar refractivity (Wildman–Crippen MR) is 89.0 cm³/mol. The highest BCUT2D eigenvalue weighted by Crippen LogP contribution is 2.22. The number of nitrogens with zero attached hydrogens (tertiary/aromatic N) is 1. The number of hydrogen-bond acceptors (Lipinski definition) is 4. The molecular weight excluding hydrogens is 286 g/mol. The maximum Gasteiger partial charge on any atom is 0.212 e. The third-order valence-electron chi connectivity index (χ3n) is 4.11. The number of sulfonamides is 1. The normalized spacial score (nSPS) is 18.0. The van der Waals surface area contributed by atoms with Gasteiger partial charge in [0.1, 0.15) is 0 Å². The summed E-state index contributed by atoms with van der Waals surface area (Å²) in [4.78, 5) is 2.21. The molecule has 0 aliphatic carbocycles. The first kappa shape index (κ1) is 18.9. The number of hydrogen-bond donors (Lipinski definition) is 2. The van der Waals surface area contributed by atoms with Crippen LogP contribution in [0, 0.1) is 5.41 Å². The lowest BCUT2D eigenvalue weighted by Gasteiger charge is -2.28. The fourth-order valence-corrected chi connectivity index (χ4v) is 3.76. The van der Waals surface area contributed by atoms with Crippen LogP contribution in [-0.4, -0.2) is 58.3 Å². The Kier molecular flexibility index (Phi) is 8.16. The van der Waals surface area contributed by atoms with Gasteiger partial charge in [-0.1, -0.05) is 40.0 Å². The minimum atomic E-state index is -3.16. The molecule has 21 heavy (non-hydrogen) atoms. The summed E-state index contributed by atoms with van der Waals surface area (Å²) in [6, 6.07) is 0. The summed E-state index contributed by atoms with van der Waals surface area (Å²) >= 11 is 0. The first-order valence-corrected chi connectivity index (χ1v) is 9.90. The molecule has 1 rings (SSSR count). The van der Waals surface area contributed by atoms with E-state index in [1.165, 1.54) is 19.3 Å². The summed E-state index contributed by atoms with van der Waals surface area (Å²) in [6.07, 6.45) is 4.67. The first-order chi connectivity index (χ1) is 9.85. The molecule has 0 aromatic carbocycles. The van der Waals surface area contributed by atoms with E-state index in [0.717, 1.165) is 32.6 Å². The Balaban J connectivity index is 2.27. The van der Waals surface area contributed by atoms with Gasteiger partial charge in [-0.05, 0) is 11.8 Å². The van der Waals surface area contributed by atoms with Crippen LogP contribution in [0.2, 0.25) is 0 Å². The van der Waals surface area contributed by atoms with E-state index in [2.05, 4.69) is 35.7 Å². The number of rotatable bonds is 10. The van der Waals surface area contributed by atoms with Crippen molar-refractivity contribution in [2.24, 2.45) is 5.41 Å². The lowest BCUT2D eigenvalue weighted by atomic mass is 9.87. The van der Waals surface area contributed by atoms with Crippen molar-refractivity contribution >= 4 is 10.0 Å². The summed E-state index contributed by atoms with van der Waals surface area (Å²) in [5.74, 6) is 0.206. The predicted octanol–water partition coefficient (Wildman–Crippen LogP) is 1.42. The molecule has 1 aliphatic heterocycles. The number of nitrogens with one attached hydrogen (secondary N) is 2. The van der Waals surface area contributed by atoms with Gasteiger partial charge in [0.05, 0.1) is 5.75 Å². The molecule has 0 aromatic rings. The van der Waals surface area contributed by atoms with Crippen molar-refractivity contribution in [1.82, 2.24) is 14.9 Å². The second-order valence-corrected chi connectivity index (χ2v) is 8.78. The van der Waals surface area contributed by atoms with Crippen molar-refractivity contribution in [3.8, 4) is 0 Å². The van der Waals surface area contributed by atoms with E-state index in [-0.39, 0.29) is 11.2 Å². The largest absolute Gasteiger partial charge is 0.314 e. The standard InChI is InChI=1S/C15H33N3O2S/c1-4-5-6-7-15(2,3)14-17-21(19,20)13-12-18-10-8-16-9-11-18/h16-17H,4-14H2,1-3H3. The van der Waals surface area contributed by atoms with Gasteiger partial charge < -0.3 is 5.32 Å². The van der Waals surface area contributed by atoms with Crippen molar-refractivity contribution in [2.45, 2.75) is 46.5 Å². The third kappa shape index (κ3) is 8.76. The van der Waals surface area contributed by atoms with Gasteiger partial charge in [0, 0.05) is 39.3 Å². The molecule has 0 saturated carbocycles. The molecule has 1 aliphatic rings. The van der Waals surface area contributed by atoms with Gasteiger partial charge in [-0.2, -0.15) is 0 Å². The molecule has 0 aromatic heterocycles. The van der Waals surface area contributed by atoms with Gasteiger partial charge in [-0.15, -0.1) is 0 Å². The monoisotopic (exact) mass is 319 g/mol. The Labute approximate surface area is 130 Å². The Bertz CT molecular complexity index is 376. The molecule has 2 N–H and O–H groups in total. The molecule has 1 saturated heterocycles. The molecule has 1 fully saturated rings. The quantitative estimate of drug-likeness (QED) is 0.598. The minimum absolute atomic E-state index is 0.0390. The highest BCUT2D eigenvalue weighted by molar-refractivity contribution is 7.89. The van der Waals surface area contributed by atoms with E-state index in [9.17, 15) is 8.42 Å². The molecule has 0 radical (unpaired) electrons. The van der Waals surface area contributed by atoms with E-state index in [0.29, 0.717) is 13.1 Å². The van der Waals surface area contributed by atoms with Crippen molar-refractivity contribution < 1.29 is 8.42 Å². The topological polar surface area (TPSA) is 61.4 Å². The fraction of sp³-hybridized carbons (Fsp3) is 1.00. The Morgan fingerprint density at radius 2 is 1.86 bits per heavy atom. The van der Waals surface area contributed by atoms with Crippen molar-refractivity contribution in [3.05, 3.63) is 0 Å². The molecule has 126 valence electrons. The van der Waals surface area contributed by atoms with Crippen LogP contribution in [0.5, 0.6) is 0 Å². The SMILES string of the molecule is CCCCCC(C)(C)CNS(=O)(=O)CCN1CCNCC1. The zero-order valence-electron chi connectivity index (χ0n) is 14.0. The summed E-state index contributed by atoms with van der Waals surface area (Å²) in [6.45, 7) is 11.4. The summed E-state index contributed by atoms with van der Waals surface area (Å²) in [7, 11) is -3.16. The third-order valence-corrected chi connectivity index (χ3v) is 5.42. The summed E-state index contributed by atoms with van der Waals surface area (Å²) < 4.78 is 27.0. The van der Waals surface area contributed by atoms with Crippen LogP contribution >= 0.6 is 0 Å². The molecule has 6 heteroatoms. The molecule has 0 atom stereocenters. The molecule has 0 spiro atoms. The van der Waals surface area contributed by atoms with Crippen LogP contribution in [0.15, 0.2) is 0 Å². The zero-order chi connectivity index (χ0) is 15.8. The molecule has 0 unspecified atom stereocenters. The van der Waals surface area contributed by atoms with E-state index in [1.54, 1.807) is 0 Å². The van der Waals surface area contributed by atoms with Crippen LogP contribution in [0.1, 0.15) is 46.5 Å². The van der Waals surface area contributed by atoms with Gasteiger partial charge in [-0.25, -0.2) is 13.1 Å². The van der Waals surface area contributed by atoms with E-state index >= 15 is 0 Å². The first-order valence-electron chi connectivity index (χ1n) is 8.25. The second-order valence-electron chi connectivity index (χ2n) is 6.85. The molecule has 5 nitrogen and oxygen atoms in total. The van der Waals surface area contributed by atoms with Gasteiger partial charge in [-0.3, -0.25) is 4.90 Å². The average molecular weight is 320 g/mol. The Hall–Kier alpha value is -0.170. The van der Waals surface area contributed by atoms with Gasteiger partial charge in [0.15, 0.2) is 0 Å². The van der Waals surface area contributed by atoms with E-state index < -0.39 is 10.0 Å². The van der Waals surface area contributed by atoms with Crippen LogP contribution in [0.25, 0.3) is 0 Å². The maximum atomic E-state index is 12.1. The van der Waals surface area contributed by atoms with Crippen molar-refractivity contribution in [2.75, 3.05) is 45.0 Å². The van der Waals surface area contributed by atoms with E-state index in [4.69, 9.17) is 0 Å². The maximum absolute atomic E-state index is 12.1. The summed E-state index contributed by atoms with van der Waals surface area (Å²) in [5.41, 5.74) is 0.0390.